The molecule has 29 heavy (non-hydrogen) atoms. The Morgan fingerprint density at radius 3 is 1.34 bits per heavy atom. The summed E-state index contributed by atoms with van der Waals surface area (Å²) in [7, 11) is -4.11. The Hall–Kier alpha value is 0.870. The zero-order valence-corrected chi connectivity index (χ0v) is 22.5. The first-order chi connectivity index (χ1) is 13.4. The molecule has 0 saturated carbocycles. The van der Waals surface area contributed by atoms with Crippen LogP contribution >= 0.6 is 0 Å². The molecule has 0 aromatic rings. The number of hydrogen-bond donors (Lipinski definition) is 1. The summed E-state index contributed by atoms with van der Waals surface area (Å²) < 4.78 is 33.1. The summed E-state index contributed by atoms with van der Waals surface area (Å²) >= 11 is 0. The first kappa shape index (κ1) is 32.1. The van der Waals surface area contributed by atoms with Gasteiger partial charge in [-0.25, -0.2) is 8.42 Å². The summed E-state index contributed by atoms with van der Waals surface area (Å²) in [6, 6.07) is 0. The van der Waals surface area contributed by atoms with Crippen LogP contribution in [0.3, 0.4) is 0 Å². The maximum atomic E-state index is 11.0. The van der Waals surface area contributed by atoms with Crippen LogP contribution in [0.5, 0.6) is 0 Å². The molecule has 0 rings (SSSR count). The maximum absolute atomic E-state index is 11.0. The molecule has 0 bridgehead atoms. The van der Waals surface area contributed by atoms with Gasteiger partial charge in [-0.2, -0.15) is 0 Å². The first-order valence-electron chi connectivity index (χ1n) is 12.0. The van der Waals surface area contributed by atoms with Crippen LogP contribution in [0.15, 0.2) is 0 Å². The van der Waals surface area contributed by atoms with Crippen molar-refractivity contribution in [3.63, 3.8) is 0 Å². The third-order valence-corrected chi connectivity index (χ3v) is 7.20. The predicted molar refractivity (Wildman–Crippen MR) is 119 cm³/mol. The van der Waals surface area contributed by atoms with Crippen LogP contribution in [0.2, 0.25) is 0 Å². The molecule has 0 aliphatic heterocycles. The molecule has 0 aromatic carbocycles. The standard InChI is InChI=1S/C23H48O4S.Na/c1-3-5-6-13-16-19-22(24)20-17-14-11-9-7-8-10-12-15-18-21-23(4-2)28(25,26)27;/h22-24H,3-21H2,1-2H3,(H,25,26,27);/q;+1/p-1. The minimum atomic E-state index is -4.11. The van der Waals surface area contributed by atoms with E-state index in [-0.39, 0.29) is 35.7 Å². The molecule has 0 radical (unpaired) electrons. The van der Waals surface area contributed by atoms with Gasteiger partial charge in [-0.05, 0) is 25.7 Å². The zero-order chi connectivity index (χ0) is 21.1. The number of rotatable bonds is 21. The molecule has 0 amide bonds. The monoisotopic (exact) mass is 442 g/mol. The van der Waals surface area contributed by atoms with Gasteiger partial charge >= 0.3 is 29.6 Å². The molecule has 1 N–H and O–H groups in total. The predicted octanol–water partition coefficient (Wildman–Crippen LogP) is 3.72. The third kappa shape index (κ3) is 21.9. The van der Waals surface area contributed by atoms with Crippen molar-refractivity contribution in [1.82, 2.24) is 0 Å². The second kappa shape index (κ2) is 22.1. The number of aliphatic hydroxyl groups excluding tert-OH is 1. The van der Waals surface area contributed by atoms with E-state index >= 15 is 0 Å². The molecule has 4 nitrogen and oxygen atoms in total. The Kier molecular flexibility index (Phi) is 24.4. The minimum absolute atomic E-state index is 0. The van der Waals surface area contributed by atoms with Gasteiger partial charge in [-0.15, -0.1) is 0 Å². The third-order valence-electron chi connectivity index (χ3n) is 5.82. The van der Waals surface area contributed by atoms with Gasteiger partial charge in [-0.3, -0.25) is 0 Å². The normalized spacial score (nSPS) is 13.8. The first-order valence-corrected chi connectivity index (χ1v) is 13.5. The topological polar surface area (TPSA) is 77.4 Å². The molecule has 0 aliphatic carbocycles. The quantitative estimate of drug-likeness (QED) is 0.167. The second-order valence-electron chi connectivity index (χ2n) is 8.49. The molecule has 2 atom stereocenters. The number of aliphatic hydroxyl groups is 1. The van der Waals surface area contributed by atoms with Crippen molar-refractivity contribution in [3.05, 3.63) is 0 Å². The smallest absolute Gasteiger partial charge is 0.748 e. The summed E-state index contributed by atoms with van der Waals surface area (Å²) in [5.41, 5.74) is 0. The van der Waals surface area contributed by atoms with E-state index < -0.39 is 15.4 Å². The van der Waals surface area contributed by atoms with Crippen LogP contribution in [0.1, 0.15) is 136 Å². The molecule has 0 saturated heterocycles. The van der Waals surface area contributed by atoms with Crippen molar-refractivity contribution in [2.24, 2.45) is 0 Å². The average molecular weight is 443 g/mol. The van der Waals surface area contributed by atoms with E-state index in [0.717, 1.165) is 38.5 Å². The largest absolute Gasteiger partial charge is 1.00 e. The van der Waals surface area contributed by atoms with Crippen molar-refractivity contribution >= 4 is 10.1 Å². The van der Waals surface area contributed by atoms with E-state index in [4.69, 9.17) is 0 Å². The van der Waals surface area contributed by atoms with Gasteiger partial charge in [0, 0.05) is 5.25 Å². The van der Waals surface area contributed by atoms with Gasteiger partial charge in [0.25, 0.3) is 0 Å². The van der Waals surface area contributed by atoms with Gasteiger partial charge in [-0.1, -0.05) is 110 Å². The van der Waals surface area contributed by atoms with Crippen molar-refractivity contribution in [3.8, 4) is 0 Å². The van der Waals surface area contributed by atoms with Crippen molar-refractivity contribution in [2.45, 2.75) is 147 Å². The van der Waals surface area contributed by atoms with E-state index in [0.29, 0.717) is 12.8 Å². The molecule has 0 aliphatic rings. The van der Waals surface area contributed by atoms with Crippen LogP contribution in [0.4, 0.5) is 0 Å². The van der Waals surface area contributed by atoms with Gasteiger partial charge in [0.05, 0.1) is 16.2 Å². The van der Waals surface area contributed by atoms with Crippen LogP contribution < -0.4 is 29.6 Å². The molecule has 170 valence electrons. The summed E-state index contributed by atoms with van der Waals surface area (Å²) in [6.45, 7) is 4.00. The molecular formula is C23H47NaO4S. The summed E-state index contributed by atoms with van der Waals surface area (Å²) in [4.78, 5) is 0. The Morgan fingerprint density at radius 2 is 1.00 bits per heavy atom. The van der Waals surface area contributed by atoms with Crippen LogP contribution in [-0.2, 0) is 10.1 Å². The fourth-order valence-electron chi connectivity index (χ4n) is 3.85. The summed E-state index contributed by atoms with van der Waals surface area (Å²) in [6.07, 6.45) is 20.8. The molecule has 6 heteroatoms. The SMILES string of the molecule is CCCCCCCC(O)CCCCCCCCCCCCC(CC)S(=O)(=O)[O-].[Na+]. The number of hydrogen-bond acceptors (Lipinski definition) is 4. The second-order valence-corrected chi connectivity index (χ2v) is 10.1. The van der Waals surface area contributed by atoms with Gasteiger partial charge in [0.15, 0.2) is 0 Å². The fraction of sp³-hybridized carbons (Fsp3) is 1.00. The van der Waals surface area contributed by atoms with Crippen molar-refractivity contribution in [2.75, 3.05) is 0 Å². The summed E-state index contributed by atoms with van der Waals surface area (Å²) in [5, 5.41) is 9.31. The van der Waals surface area contributed by atoms with Gasteiger partial charge in [0.2, 0.25) is 0 Å². The van der Waals surface area contributed by atoms with Crippen LogP contribution in [-0.4, -0.2) is 29.4 Å². The van der Waals surface area contributed by atoms with E-state index in [1.807, 2.05) is 0 Å². The van der Waals surface area contributed by atoms with Crippen molar-refractivity contribution in [1.29, 1.82) is 0 Å². The average Bonchev–Trinajstić information content (AvgIpc) is 2.64. The molecule has 0 spiro atoms. The van der Waals surface area contributed by atoms with E-state index in [9.17, 15) is 18.1 Å². The van der Waals surface area contributed by atoms with Crippen LogP contribution in [0, 0.1) is 0 Å². The Balaban J connectivity index is 0. The van der Waals surface area contributed by atoms with Gasteiger partial charge < -0.3 is 9.66 Å². The summed E-state index contributed by atoms with van der Waals surface area (Å²) in [5.74, 6) is 0. The minimum Gasteiger partial charge on any atom is -0.748 e. The van der Waals surface area contributed by atoms with Gasteiger partial charge in [0.1, 0.15) is 0 Å². The van der Waals surface area contributed by atoms with E-state index in [1.165, 1.54) is 70.6 Å². The Labute approximate surface area is 204 Å². The molecule has 0 aromatic heterocycles. The van der Waals surface area contributed by atoms with E-state index in [1.54, 1.807) is 6.92 Å². The fourth-order valence-corrected chi connectivity index (χ4v) is 4.71. The Bertz CT molecular complexity index is 429. The van der Waals surface area contributed by atoms with Crippen molar-refractivity contribution < 1.29 is 47.6 Å². The van der Waals surface area contributed by atoms with Crippen LogP contribution in [0.25, 0.3) is 0 Å². The van der Waals surface area contributed by atoms with E-state index in [2.05, 4.69) is 6.92 Å². The maximum Gasteiger partial charge on any atom is 1.00 e. The molecular weight excluding hydrogens is 395 g/mol. The Morgan fingerprint density at radius 1 is 0.655 bits per heavy atom. The zero-order valence-electron chi connectivity index (χ0n) is 19.7. The molecule has 2 unspecified atom stereocenters. The molecule has 0 heterocycles. The molecule has 0 fully saturated rings. The number of unbranched alkanes of at least 4 members (excludes halogenated alkanes) is 13.